The van der Waals surface area contributed by atoms with Crippen LogP contribution in [0.2, 0.25) is 0 Å². The lowest BCUT2D eigenvalue weighted by Crippen LogP contribution is -2.26. The second-order valence-electron chi connectivity index (χ2n) is 8.64. The molecule has 3 aromatic carbocycles. The van der Waals surface area contributed by atoms with Gasteiger partial charge in [-0.3, -0.25) is 0 Å². The zero-order valence-electron chi connectivity index (χ0n) is 20.0. The number of para-hydroxylation sites is 2. The molecule has 2 heterocycles. The summed E-state index contributed by atoms with van der Waals surface area (Å²) in [4.78, 5) is 2.48. The Morgan fingerprint density at radius 3 is 2.09 bits per heavy atom. The Bertz CT molecular complexity index is 1450. The van der Waals surface area contributed by atoms with Gasteiger partial charge < -0.3 is 9.47 Å². The highest BCUT2D eigenvalue weighted by Crippen LogP contribution is 2.35. The average Bonchev–Trinajstić information content (AvgIpc) is 3.05. The topological polar surface area (TPSA) is 8.17 Å². The highest BCUT2D eigenvalue weighted by Gasteiger charge is 2.21. The molecule has 0 saturated heterocycles. The summed E-state index contributed by atoms with van der Waals surface area (Å²) in [5, 5.41) is 2.60. The number of aromatic nitrogens is 1. The Balaban J connectivity index is 0.000000591. The predicted molar refractivity (Wildman–Crippen MR) is 152 cm³/mol. The van der Waals surface area contributed by atoms with Gasteiger partial charge in [0.25, 0.3) is 0 Å². The van der Waals surface area contributed by atoms with Crippen LogP contribution in [-0.4, -0.2) is 16.0 Å². The molecule has 0 bridgehead atoms. The standard InChI is InChI=1S/C29H24N2.C4H6/c1-2-13-24-23-12-5-4-11-22(23)21-30(27(24)16-3-1)19-10-20-31-28-17-8-6-14-25(28)26-15-7-9-18-29(26)31;1-3-4-2/h2-18,20H,1,19,21H2;3-4H,1-2H2/b20-10+;. The van der Waals surface area contributed by atoms with Crippen molar-refractivity contribution in [3.8, 4) is 0 Å². The fourth-order valence-electron chi connectivity index (χ4n) is 4.89. The number of rotatable bonds is 4. The molecule has 1 aliphatic heterocycles. The van der Waals surface area contributed by atoms with Gasteiger partial charge >= 0.3 is 0 Å². The van der Waals surface area contributed by atoms with Crippen molar-refractivity contribution in [1.29, 1.82) is 0 Å². The summed E-state index contributed by atoms with van der Waals surface area (Å²) in [6, 6.07) is 26.1. The van der Waals surface area contributed by atoms with Crippen LogP contribution in [-0.2, 0) is 6.54 Å². The van der Waals surface area contributed by atoms with Crippen LogP contribution in [0.3, 0.4) is 0 Å². The minimum atomic E-state index is 0.867. The number of allylic oxidation sites excluding steroid dienone is 7. The Kier molecular flexibility index (Phi) is 6.63. The molecule has 0 amide bonds. The molecular weight excluding hydrogens is 424 g/mol. The van der Waals surface area contributed by atoms with Crippen LogP contribution in [0, 0.1) is 0 Å². The van der Waals surface area contributed by atoms with E-state index in [0.717, 1.165) is 19.5 Å². The van der Waals surface area contributed by atoms with Gasteiger partial charge in [0.1, 0.15) is 0 Å². The molecule has 0 N–H and O–H groups in total. The zero-order chi connectivity index (χ0) is 24.0. The second kappa shape index (κ2) is 10.3. The normalized spacial score (nSPS) is 14.5. The molecule has 4 aromatic rings. The van der Waals surface area contributed by atoms with Crippen molar-refractivity contribution < 1.29 is 0 Å². The van der Waals surface area contributed by atoms with E-state index in [4.69, 9.17) is 0 Å². The number of hydrogen-bond donors (Lipinski definition) is 0. The number of fused-ring (bicyclic) bond motifs is 5. The first-order valence-corrected chi connectivity index (χ1v) is 12.1. The van der Waals surface area contributed by atoms with Crippen molar-refractivity contribution in [2.45, 2.75) is 13.0 Å². The lowest BCUT2D eigenvalue weighted by atomic mass is 9.93. The van der Waals surface area contributed by atoms with Crippen molar-refractivity contribution >= 4 is 33.6 Å². The fourth-order valence-corrected chi connectivity index (χ4v) is 4.89. The molecule has 35 heavy (non-hydrogen) atoms. The fraction of sp³-hybridized carbons (Fsp3) is 0.0909. The van der Waals surface area contributed by atoms with Gasteiger partial charge in [-0.25, -0.2) is 0 Å². The Hall–Kier alpha value is -4.30. The van der Waals surface area contributed by atoms with E-state index in [1.807, 2.05) is 0 Å². The van der Waals surface area contributed by atoms with E-state index in [1.165, 1.54) is 44.2 Å². The van der Waals surface area contributed by atoms with E-state index in [0.29, 0.717) is 0 Å². The zero-order valence-corrected chi connectivity index (χ0v) is 20.0. The van der Waals surface area contributed by atoms with Crippen molar-refractivity contribution in [3.63, 3.8) is 0 Å². The maximum absolute atomic E-state index is 3.36. The van der Waals surface area contributed by atoms with E-state index in [2.05, 4.69) is 132 Å². The molecule has 0 atom stereocenters. The third kappa shape index (κ3) is 4.43. The van der Waals surface area contributed by atoms with Crippen molar-refractivity contribution in [3.05, 3.63) is 145 Å². The summed E-state index contributed by atoms with van der Waals surface area (Å²) in [6.07, 6.45) is 17.9. The molecule has 0 spiro atoms. The Labute approximate surface area is 207 Å². The lowest BCUT2D eigenvalue weighted by Gasteiger charge is -2.32. The van der Waals surface area contributed by atoms with E-state index in [-0.39, 0.29) is 0 Å². The molecule has 1 aromatic heterocycles. The van der Waals surface area contributed by atoms with Crippen LogP contribution in [0.5, 0.6) is 0 Å². The first-order valence-electron chi connectivity index (χ1n) is 12.1. The molecule has 0 radical (unpaired) electrons. The Morgan fingerprint density at radius 2 is 1.37 bits per heavy atom. The first-order chi connectivity index (χ1) is 17.3. The molecule has 2 heteroatoms. The minimum absolute atomic E-state index is 0.867. The van der Waals surface area contributed by atoms with Gasteiger partial charge in [-0.15, -0.1) is 0 Å². The monoisotopic (exact) mass is 454 g/mol. The molecule has 6 rings (SSSR count). The molecule has 0 unspecified atom stereocenters. The SMILES string of the molecule is C1=CC2=C(C=CC1)N(C/C=C/n1c3ccccc3c3ccccc31)Cc1ccccc12.C=CC=C. The number of nitrogens with zero attached hydrogens (tertiary/aromatic N) is 2. The van der Waals surface area contributed by atoms with Gasteiger partial charge in [-0.1, -0.05) is 104 Å². The lowest BCUT2D eigenvalue weighted by molar-refractivity contribution is 0.381. The summed E-state index contributed by atoms with van der Waals surface area (Å²) in [6.45, 7) is 8.52. The summed E-state index contributed by atoms with van der Waals surface area (Å²) in [7, 11) is 0. The van der Waals surface area contributed by atoms with Gasteiger partial charge in [0.05, 0.1) is 11.0 Å². The van der Waals surface area contributed by atoms with Crippen LogP contribution >= 0.6 is 0 Å². The van der Waals surface area contributed by atoms with E-state index < -0.39 is 0 Å². The average molecular weight is 455 g/mol. The van der Waals surface area contributed by atoms with Crippen LogP contribution in [0.25, 0.3) is 33.6 Å². The Morgan fingerprint density at radius 1 is 0.743 bits per heavy atom. The van der Waals surface area contributed by atoms with Crippen LogP contribution in [0.4, 0.5) is 0 Å². The third-order valence-corrected chi connectivity index (χ3v) is 6.48. The highest BCUT2D eigenvalue weighted by atomic mass is 15.1. The van der Waals surface area contributed by atoms with Crippen molar-refractivity contribution in [1.82, 2.24) is 9.47 Å². The largest absolute Gasteiger partial charge is 0.363 e. The van der Waals surface area contributed by atoms with Crippen molar-refractivity contribution in [2.24, 2.45) is 0 Å². The second-order valence-corrected chi connectivity index (χ2v) is 8.64. The van der Waals surface area contributed by atoms with Gasteiger partial charge in [-0.2, -0.15) is 0 Å². The molecule has 172 valence electrons. The van der Waals surface area contributed by atoms with Gasteiger partial charge in [-0.05, 0) is 41.8 Å². The van der Waals surface area contributed by atoms with Gasteiger partial charge in [0.15, 0.2) is 0 Å². The maximum Gasteiger partial charge on any atom is 0.0534 e. The first kappa shape index (κ1) is 22.5. The van der Waals surface area contributed by atoms with Crippen molar-refractivity contribution in [2.75, 3.05) is 6.54 Å². The molecule has 0 fully saturated rings. The van der Waals surface area contributed by atoms with Crippen LogP contribution in [0.1, 0.15) is 17.5 Å². The predicted octanol–water partition coefficient (Wildman–Crippen LogP) is 8.37. The number of benzene rings is 3. The smallest absolute Gasteiger partial charge is 0.0534 e. The van der Waals surface area contributed by atoms with Crippen LogP contribution < -0.4 is 0 Å². The quantitative estimate of drug-likeness (QED) is 0.281. The van der Waals surface area contributed by atoms with Gasteiger partial charge in [0.2, 0.25) is 0 Å². The van der Waals surface area contributed by atoms with E-state index in [9.17, 15) is 0 Å². The molecule has 2 nitrogen and oxygen atoms in total. The molecule has 1 aliphatic carbocycles. The van der Waals surface area contributed by atoms with Crippen LogP contribution in [0.15, 0.2) is 134 Å². The maximum atomic E-state index is 3.36. The summed E-state index contributed by atoms with van der Waals surface area (Å²) in [5.74, 6) is 0. The summed E-state index contributed by atoms with van der Waals surface area (Å²) < 4.78 is 2.32. The number of hydrogen-bond acceptors (Lipinski definition) is 1. The molecular formula is C33H30N2. The molecule has 2 aliphatic rings. The van der Waals surface area contributed by atoms with Gasteiger partial charge in [0, 0.05) is 41.3 Å². The minimum Gasteiger partial charge on any atom is -0.363 e. The molecule has 0 saturated carbocycles. The highest BCUT2D eigenvalue weighted by molar-refractivity contribution is 6.09. The van der Waals surface area contributed by atoms with E-state index >= 15 is 0 Å². The summed E-state index contributed by atoms with van der Waals surface area (Å²) in [5.41, 5.74) is 7.91. The third-order valence-electron chi connectivity index (χ3n) is 6.48. The van der Waals surface area contributed by atoms with E-state index in [1.54, 1.807) is 12.2 Å². The summed E-state index contributed by atoms with van der Waals surface area (Å²) >= 11 is 0.